The number of hydrogen-bond acceptors (Lipinski definition) is 2. The minimum Gasteiger partial charge on any atom is -0.446 e. The molecule has 0 heterocycles. The minimum absolute atomic E-state index is 0.0583. The van der Waals surface area contributed by atoms with E-state index in [0.29, 0.717) is 10.8 Å². The molecule has 0 aliphatic heterocycles. The molecule has 0 aromatic heterocycles. The summed E-state index contributed by atoms with van der Waals surface area (Å²) in [7, 11) is 0. The van der Waals surface area contributed by atoms with Crippen LogP contribution in [0, 0.1) is 46.3 Å². The van der Waals surface area contributed by atoms with Crippen LogP contribution in [-0.2, 0) is 4.74 Å². The molecule has 37 heavy (non-hydrogen) atoms. The number of nitrogens with one attached hydrogen (secondary N) is 1. The van der Waals surface area contributed by atoms with Gasteiger partial charge in [-0.3, -0.25) is 0 Å². The first-order valence-electron chi connectivity index (χ1n) is 16.3. The zero-order chi connectivity index (χ0) is 26.6. The van der Waals surface area contributed by atoms with Gasteiger partial charge in [0.2, 0.25) is 0 Å². The zero-order valence-corrected chi connectivity index (χ0v) is 25.2. The monoisotopic (exact) mass is 513 g/mol. The highest BCUT2D eigenvalue weighted by molar-refractivity contribution is 5.67. The molecule has 4 aliphatic carbocycles. The average Bonchev–Trinajstić information content (AvgIpc) is 3.21. The fraction of sp³-hybridized carbons (Fsp3) is 0.912. The molecule has 3 saturated carbocycles. The number of carbonyl (C=O) groups excluding carboxylic acids is 1. The summed E-state index contributed by atoms with van der Waals surface area (Å²) in [6.07, 6.45) is 21.6. The van der Waals surface area contributed by atoms with Crippen LogP contribution in [0.1, 0.15) is 138 Å². The summed E-state index contributed by atoms with van der Waals surface area (Å²) in [5.74, 6) is 5.24. The van der Waals surface area contributed by atoms with Gasteiger partial charge in [0, 0.05) is 13.0 Å². The molecule has 0 saturated heterocycles. The van der Waals surface area contributed by atoms with E-state index in [1.165, 1.54) is 77.0 Å². The SMILES string of the molecule is CCCCCCNC(=O)O[C@H]1CC[C@@]2(C)C(=CC[C@H]3[C@@H]4CC[C@H]([C@@H](C)CCCC(C)C)[C@@]4(C)CC[C@@H]32)C1. The van der Waals surface area contributed by atoms with Crippen LogP contribution in [0.4, 0.5) is 4.79 Å². The van der Waals surface area contributed by atoms with Gasteiger partial charge in [0.15, 0.2) is 0 Å². The molecule has 8 atom stereocenters. The van der Waals surface area contributed by atoms with Crippen LogP contribution >= 0.6 is 0 Å². The van der Waals surface area contributed by atoms with E-state index in [-0.39, 0.29) is 12.2 Å². The molecule has 0 aromatic rings. The Kier molecular flexibility index (Phi) is 9.77. The fourth-order valence-corrected chi connectivity index (χ4v) is 9.69. The Morgan fingerprint density at radius 3 is 2.57 bits per heavy atom. The number of alkyl carbamates (subject to hydrolysis) is 1. The molecule has 0 radical (unpaired) electrons. The predicted molar refractivity (Wildman–Crippen MR) is 155 cm³/mol. The summed E-state index contributed by atoms with van der Waals surface area (Å²) >= 11 is 0. The molecule has 3 nitrogen and oxygen atoms in total. The Morgan fingerprint density at radius 1 is 1.00 bits per heavy atom. The largest absolute Gasteiger partial charge is 0.446 e. The van der Waals surface area contributed by atoms with E-state index in [0.717, 1.165) is 61.3 Å². The van der Waals surface area contributed by atoms with Gasteiger partial charge in [-0.2, -0.15) is 0 Å². The van der Waals surface area contributed by atoms with Crippen LogP contribution < -0.4 is 5.32 Å². The maximum Gasteiger partial charge on any atom is 0.407 e. The molecule has 3 heteroatoms. The van der Waals surface area contributed by atoms with Gasteiger partial charge < -0.3 is 10.1 Å². The van der Waals surface area contributed by atoms with Crippen LogP contribution in [-0.4, -0.2) is 18.7 Å². The van der Waals surface area contributed by atoms with Gasteiger partial charge in [0.1, 0.15) is 6.10 Å². The van der Waals surface area contributed by atoms with E-state index in [1.807, 2.05) is 0 Å². The van der Waals surface area contributed by atoms with E-state index < -0.39 is 0 Å². The maximum absolute atomic E-state index is 12.4. The van der Waals surface area contributed by atoms with Crippen molar-refractivity contribution >= 4 is 6.09 Å². The first-order chi connectivity index (χ1) is 17.7. The molecular weight excluding hydrogens is 454 g/mol. The number of carbonyl (C=O) groups is 1. The van der Waals surface area contributed by atoms with Gasteiger partial charge in [0.25, 0.3) is 0 Å². The first kappa shape index (κ1) is 29.0. The Morgan fingerprint density at radius 2 is 1.81 bits per heavy atom. The van der Waals surface area contributed by atoms with Crippen LogP contribution in [0.25, 0.3) is 0 Å². The highest BCUT2D eigenvalue weighted by Gasteiger charge is 2.59. The average molecular weight is 514 g/mol. The lowest BCUT2D eigenvalue weighted by Crippen LogP contribution is -2.51. The summed E-state index contributed by atoms with van der Waals surface area (Å²) < 4.78 is 5.91. The third-order valence-corrected chi connectivity index (χ3v) is 11.8. The molecule has 0 aromatic carbocycles. The van der Waals surface area contributed by atoms with Crippen molar-refractivity contribution in [1.29, 1.82) is 0 Å². The Hall–Kier alpha value is -0.990. The van der Waals surface area contributed by atoms with Gasteiger partial charge in [-0.25, -0.2) is 4.79 Å². The van der Waals surface area contributed by atoms with E-state index in [2.05, 4.69) is 52.9 Å². The van der Waals surface area contributed by atoms with Crippen LogP contribution in [0.3, 0.4) is 0 Å². The molecule has 212 valence electrons. The van der Waals surface area contributed by atoms with Crippen molar-refractivity contribution in [3.63, 3.8) is 0 Å². The summed E-state index contributed by atoms with van der Waals surface area (Å²) in [6.45, 7) is 15.5. The van der Waals surface area contributed by atoms with Crippen molar-refractivity contribution in [2.24, 2.45) is 46.3 Å². The Bertz CT molecular complexity index is 789. The number of allylic oxidation sites excluding steroid dienone is 1. The second kappa shape index (κ2) is 12.5. The number of amides is 1. The second-order valence-electron chi connectivity index (χ2n) is 14.5. The van der Waals surface area contributed by atoms with Gasteiger partial charge >= 0.3 is 6.09 Å². The van der Waals surface area contributed by atoms with E-state index in [9.17, 15) is 4.79 Å². The Balaban J connectivity index is 1.34. The molecular formula is C34H59NO2. The number of hydrogen-bond donors (Lipinski definition) is 1. The van der Waals surface area contributed by atoms with Crippen LogP contribution in [0.5, 0.6) is 0 Å². The maximum atomic E-state index is 12.4. The second-order valence-corrected chi connectivity index (χ2v) is 14.5. The number of fused-ring (bicyclic) bond motifs is 5. The van der Waals surface area contributed by atoms with Gasteiger partial charge in [-0.1, -0.05) is 91.7 Å². The van der Waals surface area contributed by atoms with Crippen molar-refractivity contribution < 1.29 is 9.53 Å². The third-order valence-electron chi connectivity index (χ3n) is 11.8. The van der Waals surface area contributed by atoms with Crippen molar-refractivity contribution in [3.8, 4) is 0 Å². The van der Waals surface area contributed by atoms with Crippen molar-refractivity contribution in [2.45, 2.75) is 144 Å². The lowest BCUT2D eigenvalue weighted by Gasteiger charge is -2.58. The van der Waals surface area contributed by atoms with Gasteiger partial charge in [0.05, 0.1) is 0 Å². The van der Waals surface area contributed by atoms with Gasteiger partial charge in [-0.05, 0) is 97.7 Å². The van der Waals surface area contributed by atoms with E-state index >= 15 is 0 Å². The number of unbranched alkanes of at least 4 members (excludes halogenated alkanes) is 3. The third kappa shape index (κ3) is 6.27. The summed E-state index contributed by atoms with van der Waals surface area (Å²) in [6, 6.07) is 0. The van der Waals surface area contributed by atoms with E-state index in [4.69, 9.17) is 4.74 Å². The highest BCUT2D eigenvalue weighted by atomic mass is 16.6. The molecule has 1 amide bonds. The lowest BCUT2D eigenvalue weighted by atomic mass is 9.47. The summed E-state index contributed by atoms with van der Waals surface area (Å²) in [4.78, 5) is 12.4. The molecule has 1 N–H and O–H groups in total. The van der Waals surface area contributed by atoms with Crippen molar-refractivity contribution in [3.05, 3.63) is 11.6 Å². The molecule has 0 spiro atoms. The molecule has 0 unspecified atom stereocenters. The normalized spacial score (nSPS) is 37.8. The van der Waals surface area contributed by atoms with Gasteiger partial charge in [-0.15, -0.1) is 0 Å². The topological polar surface area (TPSA) is 38.3 Å². The summed E-state index contributed by atoms with van der Waals surface area (Å²) in [5.41, 5.74) is 2.48. The molecule has 4 aliphatic rings. The predicted octanol–water partition coefficient (Wildman–Crippen LogP) is 9.70. The first-order valence-corrected chi connectivity index (χ1v) is 16.3. The minimum atomic E-state index is -0.202. The fourth-order valence-electron chi connectivity index (χ4n) is 9.69. The van der Waals surface area contributed by atoms with Crippen molar-refractivity contribution in [2.75, 3.05) is 6.54 Å². The van der Waals surface area contributed by atoms with E-state index in [1.54, 1.807) is 5.57 Å². The molecule has 4 rings (SSSR count). The summed E-state index contributed by atoms with van der Waals surface area (Å²) in [5, 5.41) is 3.00. The lowest BCUT2D eigenvalue weighted by molar-refractivity contribution is -0.0581. The molecule has 3 fully saturated rings. The zero-order valence-electron chi connectivity index (χ0n) is 25.2. The van der Waals surface area contributed by atoms with Crippen molar-refractivity contribution in [1.82, 2.24) is 5.32 Å². The highest BCUT2D eigenvalue weighted by Crippen LogP contribution is 2.67. The molecule has 0 bridgehead atoms. The number of rotatable bonds is 11. The van der Waals surface area contributed by atoms with Crippen LogP contribution in [0.2, 0.25) is 0 Å². The number of ether oxygens (including phenoxy) is 1. The standard InChI is InChI=1S/C34H59NO2/c1-7-8-9-10-22-35-32(36)37-27-18-20-33(5)26(23-27)14-15-28-30-17-16-29(25(4)13-11-12-24(2)3)34(30,6)21-19-31(28)33/h14,24-25,27-31H,7-13,15-23H2,1-6H3,(H,35,36)/t25-,27-,28-,29+,30-,31-,33-,34+/m0/s1. The quantitative estimate of drug-likeness (QED) is 0.220. The Labute approximate surface area is 229 Å². The van der Waals surface area contributed by atoms with Crippen LogP contribution in [0.15, 0.2) is 11.6 Å². The smallest absolute Gasteiger partial charge is 0.407 e.